The number of benzene rings is 1. The monoisotopic (exact) mass is 303 g/mol. The highest BCUT2D eigenvalue weighted by Crippen LogP contribution is 2.39. The maximum Gasteiger partial charge on any atom is 0.339 e. The van der Waals surface area contributed by atoms with E-state index in [0.29, 0.717) is 17.0 Å². The molecule has 0 atom stereocenters. The molecule has 0 aliphatic heterocycles. The van der Waals surface area contributed by atoms with Gasteiger partial charge in [0.25, 0.3) is 0 Å². The maximum absolute atomic E-state index is 11.7. The number of rotatable bonds is 5. The average molecular weight is 303 g/mol. The molecule has 1 aromatic heterocycles. The molecule has 1 aromatic carbocycles. The van der Waals surface area contributed by atoms with Crippen LogP contribution >= 0.6 is 11.3 Å². The average Bonchev–Trinajstić information content (AvgIpc) is 2.76. The Labute approximate surface area is 127 Å². The highest BCUT2D eigenvalue weighted by molar-refractivity contribution is 7.17. The van der Waals surface area contributed by atoms with Crippen LogP contribution in [-0.4, -0.2) is 17.0 Å². The van der Waals surface area contributed by atoms with Gasteiger partial charge in [0, 0.05) is 16.9 Å². The summed E-state index contributed by atoms with van der Waals surface area (Å²) < 4.78 is 0. The van der Waals surface area contributed by atoms with Gasteiger partial charge in [-0.15, -0.1) is 11.3 Å². The molecule has 0 saturated heterocycles. The summed E-state index contributed by atoms with van der Waals surface area (Å²) in [5, 5.41) is 12.7. The van der Waals surface area contributed by atoms with Crippen LogP contribution in [0.5, 0.6) is 0 Å². The highest BCUT2D eigenvalue weighted by atomic mass is 32.1. The molecule has 0 unspecified atom stereocenters. The summed E-state index contributed by atoms with van der Waals surface area (Å²) in [6, 6.07) is 9.37. The van der Waals surface area contributed by atoms with Crippen LogP contribution in [0.15, 0.2) is 30.3 Å². The van der Waals surface area contributed by atoms with E-state index < -0.39 is 5.97 Å². The number of carboxylic acid groups (broad SMARTS) is 1. The second-order valence-electron chi connectivity index (χ2n) is 4.71. The van der Waals surface area contributed by atoms with E-state index in [9.17, 15) is 14.7 Å². The zero-order chi connectivity index (χ0) is 15.4. The van der Waals surface area contributed by atoms with Gasteiger partial charge in [0.15, 0.2) is 0 Å². The number of carbonyl (C=O) groups excluding carboxylic acids is 1. The van der Waals surface area contributed by atoms with Gasteiger partial charge in [0.05, 0.1) is 0 Å². The number of aromatic carboxylic acids is 1. The normalized spacial score (nSPS) is 10.4. The van der Waals surface area contributed by atoms with Gasteiger partial charge in [0.1, 0.15) is 10.6 Å². The second-order valence-corrected chi connectivity index (χ2v) is 5.93. The number of hydrogen-bond donors (Lipinski definition) is 2. The molecule has 1 heterocycles. The zero-order valence-electron chi connectivity index (χ0n) is 12.0. The number of carboxylic acids is 1. The molecular weight excluding hydrogens is 286 g/mol. The number of anilines is 1. The van der Waals surface area contributed by atoms with Gasteiger partial charge in [-0.2, -0.15) is 0 Å². The van der Waals surface area contributed by atoms with Crippen LogP contribution in [0.1, 0.15) is 35.0 Å². The molecular formula is C16H17NO3S. The Balaban J connectivity index is 2.49. The number of thiophene rings is 1. The van der Waals surface area contributed by atoms with Crippen LogP contribution in [0.4, 0.5) is 5.00 Å². The van der Waals surface area contributed by atoms with E-state index in [4.69, 9.17) is 0 Å². The van der Waals surface area contributed by atoms with Crippen molar-refractivity contribution in [2.24, 2.45) is 0 Å². The van der Waals surface area contributed by atoms with Crippen LogP contribution in [0.25, 0.3) is 11.1 Å². The van der Waals surface area contributed by atoms with Gasteiger partial charge in [-0.25, -0.2) is 4.79 Å². The number of nitrogens with one attached hydrogen (secondary N) is 1. The van der Waals surface area contributed by atoms with Crippen molar-refractivity contribution in [2.45, 2.75) is 26.7 Å². The Morgan fingerprint density at radius 1 is 1.24 bits per heavy atom. The third-order valence-corrected chi connectivity index (χ3v) is 4.11. The predicted molar refractivity (Wildman–Crippen MR) is 85.0 cm³/mol. The SMILES string of the molecule is CCCC(=O)Nc1sc(C)c(-c2ccccc2)c1C(=O)O. The minimum Gasteiger partial charge on any atom is -0.478 e. The van der Waals surface area contributed by atoms with Gasteiger partial charge in [0.2, 0.25) is 5.91 Å². The summed E-state index contributed by atoms with van der Waals surface area (Å²) >= 11 is 1.31. The lowest BCUT2D eigenvalue weighted by atomic mass is 10.0. The molecule has 1 amide bonds. The van der Waals surface area contributed by atoms with E-state index in [1.54, 1.807) is 0 Å². The summed E-state index contributed by atoms with van der Waals surface area (Å²) in [4.78, 5) is 24.3. The molecule has 2 aromatic rings. The summed E-state index contributed by atoms with van der Waals surface area (Å²) in [5.41, 5.74) is 1.70. The van der Waals surface area contributed by atoms with Crippen LogP contribution < -0.4 is 5.32 Å². The Hall–Kier alpha value is -2.14. The van der Waals surface area contributed by atoms with Crippen molar-refractivity contribution in [3.63, 3.8) is 0 Å². The first-order chi connectivity index (χ1) is 10.0. The number of hydrogen-bond acceptors (Lipinski definition) is 3. The second kappa shape index (κ2) is 6.54. The van der Waals surface area contributed by atoms with Gasteiger partial charge in [-0.3, -0.25) is 4.79 Å². The van der Waals surface area contributed by atoms with Crippen LogP contribution in [0.3, 0.4) is 0 Å². The zero-order valence-corrected chi connectivity index (χ0v) is 12.8. The fraction of sp³-hybridized carbons (Fsp3) is 0.250. The molecule has 4 nitrogen and oxygen atoms in total. The van der Waals surface area contributed by atoms with Crippen molar-refractivity contribution < 1.29 is 14.7 Å². The van der Waals surface area contributed by atoms with Gasteiger partial charge >= 0.3 is 5.97 Å². The molecule has 21 heavy (non-hydrogen) atoms. The standard InChI is InChI=1S/C16H17NO3S/c1-3-7-12(18)17-15-14(16(19)20)13(10(2)21-15)11-8-5-4-6-9-11/h4-6,8-9H,3,7H2,1-2H3,(H,17,18)(H,19,20). The summed E-state index contributed by atoms with van der Waals surface area (Å²) in [6.07, 6.45) is 1.11. The summed E-state index contributed by atoms with van der Waals surface area (Å²) in [6.45, 7) is 3.78. The quantitative estimate of drug-likeness (QED) is 0.871. The summed E-state index contributed by atoms with van der Waals surface area (Å²) in [5.74, 6) is -1.18. The number of amides is 1. The van der Waals surface area contributed by atoms with E-state index in [1.165, 1.54) is 11.3 Å². The highest BCUT2D eigenvalue weighted by Gasteiger charge is 2.23. The lowest BCUT2D eigenvalue weighted by molar-refractivity contribution is -0.116. The smallest absolute Gasteiger partial charge is 0.339 e. The van der Waals surface area contributed by atoms with E-state index in [2.05, 4.69) is 5.32 Å². The van der Waals surface area contributed by atoms with E-state index in [-0.39, 0.29) is 11.5 Å². The molecule has 0 radical (unpaired) electrons. The molecule has 2 N–H and O–H groups in total. The first-order valence-electron chi connectivity index (χ1n) is 6.76. The Kier molecular flexibility index (Phi) is 4.75. The van der Waals surface area contributed by atoms with Crippen molar-refractivity contribution in [1.29, 1.82) is 0 Å². The minimum atomic E-state index is -1.02. The van der Waals surface area contributed by atoms with E-state index in [0.717, 1.165) is 16.9 Å². The van der Waals surface area contributed by atoms with Crippen molar-refractivity contribution in [3.05, 3.63) is 40.8 Å². The Morgan fingerprint density at radius 3 is 2.48 bits per heavy atom. The number of aryl methyl sites for hydroxylation is 1. The van der Waals surface area contributed by atoms with E-state index in [1.807, 2.05) is 44.2 Å². The van der Waals surface area contributed by atoms with E-state index >= 15 is 0 Å². The molecule has 110 valence electrons. The molecule has 0 aliphatic carbocycles. The lowest BCUT2D eigenvalue weighted by Crippen LogP contribution is -2.12. The lowest BCUT2D eigenvalue weighted by Gasteiger charge is -2.05. The first kappa shape index (κ1) is 15.3. The van der Waals surface area contributed by atoms with Gasteiger partial charge < -0.3 is 10.4 Å². The van der Waals surface area contributed by atoms with Gasteiger partial charge in [-0.05, 0) is 18.9 Å². The maximum atomic E-state index is 11.7. The van der Waals surface area contributed by atoms with Crippen molar-refractivity contribution >= 4 is 28.2 Å². The molecule has 0 spiro atoms. The predicted octanol–water partition coefficient (Wildman–Crippen LogP) is 4.16. The largest absolute Gasteiger partial charge is 0.478 e. The topological polar surface area (TPSA) is 66.4 Å². The third kappa shape index (κ3) is 3.31. The molecule has 0 bridgehead atoms. The Morgan fingerprint density at radius 2 is 1.90 bits per heavy atom. The number of carbonyl (C=O) groups is 2. The fourth-order valence-corrected chi connectivity index (χ4v) is 3.29. The van der Waals surface area contributed by atoms with Crippen molar-refractivity contribution in [3.8, 4) is 11.1 Å². The summed E-state index contributed by atoms with van der Waals surface area (Å²) in [7, 11) is 0. The molecule has 0 saturated carbocycles. The first-order valence-corrected chi connectivity index (χ1v) is 7.58. The third-order valence-electron chi connectivity index (χ3n) is 3.09. The molecule has 0 fully saturated rings. The van der Waals surface area contributed by atoms with Gasteiger partial charge in [-0.1, -0.05) is 37.3 Å². The molecule has 5 heteroatoms. The minimum absolute atomic E-state index is 0.152. The van der Waals surface area contributed by atoms with Crippen LogP contribution in [-0.2, 0) is 4.79 Å². The van der Waals surface area contributed by atoms with Crippen molar-refractivity contribution in [2.75, 3.05) is 5.32 Å². The molecule has 0 aliphatic rings. The fourth-order valence-electron chi connectivity index (χ4n) is 2.21. The van der Waals surface area contributed by atoms with Crippen molar-refractivity contribution in [1.82, 2.24) is 0 Å². The van der Waals surface area contributed by atoms with Crippen LogP contribution in [0.2, 0.25) is 0 Å². The molecule has 2 rings (SSSR count). The Bertz CT molecular complexity index is 662. The van der Waals surface area contributed by atoms with Crippen LogP contribution in [0, 0.1) is 6.92 Å².